The molecule has 0 atom stereocenters. The molecule has 0 aliphatic carbocycles. The second kappa shape index (κ2) is 4.79. The quantitative estimate of drug-likeness (QED) is 0.849. The van der Waals surface area contributed by atoms with E-state index < -0.39 is 11.7 Å². The lowest BCUT2D eigenvalue weighted by molar-refractivity contribution is -0.137. The van der Waals surface area contributed by atoms with E-state index in [4.69, 9.17) is 10.5 Å². The van der Waals surface area contributed by atoms with Gasteiger partial charge in [0.2, 0.25) is 5.88 Å². The number of hydrogen-bond acceptors (Lipinski definition) is 3. The van der Waals surface area contributed by atoms with Crippen LogP contribution < -0.4 is 10.5 Å². The van der Waals surface area contributed by atoms with Gasteiger partial charge in [-0.25, -0.2) is 4.98 Å². The number of hydrogen-bond donors (Lipinski definition) is 1. The third kappa shape index (κ3) is 2.78. The summed E-state index contributed by atoms with van der Waals surface area (Å²) >= 11 is 0. The zero-order chi connectivity index (χ0) is 14.0. The molecule has 1 heterocycles. The second-order valence-corrected chi connectivity index (χ2v) is 3.86. The highest BCUT2D eigenvalue weighted by Gasteiger charge is 2.31. The van der Waals surface area contributed by atoms with Gasteiger partial charge in [0.25, 0.3) is 0 Å². The van der Waals surface area contributed by atoms with Crippen molar-refractivity contribution in [2.24, 2.45) is 0 Å². The van der Waals surface area contributed by atoms with Crippen molar-refractivity contribution in [2.45, 2.75) is 6.18 Å². The standard InChI is InChI=1S/C13H11F3N2O/c1-19-12-4-2-3-11(18-12)9-7-8(13(14,15)16)5-6-10(9)17/h2-7H,17H2,1H3. The van der Waals surface area contributed by atoms with Crippen molar-refractivity contribution in [1.82, 2.24) is 4.98 Å². The Bertz CT molecular complexity index is 597. The van der Waals surface area contributed by atoms with E-state index in [1.54, 1.807) is 18.2 Å². The first-order valence-corrected chi connectivity index (χ1v) is 5.40. The Labute approximate surface area is 107 Å². The summed E-state index contributed by atoms with van der Waals surface area (Å²) in [6.45, 7) is 0. The summed E-state index contributed by atoms with van der Waals surface area (Å²) in [4.78, 5) is 4.08. The summed E-state index contributed by atoms with van der Waals surface area (Å²) < 4.78 is 43.0. The van der Waals surface area contributed by atoms with E-state index in [2.05, 4.69) is 4.98 Å². The maximum Gasteiger partial charge on any atom is 0.416 e. The number of pyridine rings is 1. The third-order valence-corrected chi connectivity index (χ3v) is 2.59. The predicted molar refractivity (Wildman–Crippen MR) is 65.6 cm³/mol. The smallest absolute Gasteiger partial charge is 0.416 e. The molecule has 19 heavy (non-hydrogen) atoms. The number of alkyl halides is 3. The summed E-state index contributed by atoms with van der Waals surface area (Å²) in [6.07, 6.45) is -4.42. The molecule has 2 aromatic rings. The molecule has 100 valence electrons. The first kappa shape index (κ1) is 13.2. The van der Waals surface area contributed by atoms with Gasteiger partial charge in [-0.3, -0.25) is 0 Å². The van der Waals surface area contributed by atoms with Crippen LogP contribution in [-0.4, -0.2) is 12.1 Å². The summed E-state index contributed by atoms with van der Waals surface area (Å²) in [6, 6.07) is 7.97. The first-order chi connectivity index (χ1) is 8.91. The lowest BCUT2D eigenvalue weighted by atomic mass is 10.0. The molecule has 0 bridgehead atoms. The maximum absolute atomic E-state index is 12.7. The van der Waals surface area contributed by atoms with Crippen molar-refractivity contribution in [3.8, 4) is 17.1 Å². The number of anilines is 1. The van der Waals surface area contributed by atoms with Gasteiger partial charge in [-0.15, -0.1) is 0 Å². The molecular formula is C13H11F3N2O. The topological polar surface area (TPSA) is 48.1 Å². The lowest BCUT2D eigenvalue weighted by Crippen LogP contribution is -2.06. The van der Waals surface area contributed by atoms with Crippen molar-refractivity contribution in [1.29, 1.82) is 0 Å². The molecule has 0 saturated heterocycles. The minimum absolute atomic E-state index is 0.230. The molecular weight excluding hydrogens is 257 g/mol. The number of halogens is 3. The highest BCUT2D eigenvalue weighted by molar-refractivity contribution is 5.74. The average molecular weight is 268 g/mol. The van der Waals surface area contributed by atoms with Crippen LogP contribution in [0.3, 0.4) is 0 Å². The van der Waals surface area contributed by atoms with Crippen LogP contribution in [0.5, 0.6) is 5.88 Å². The fraction of sp³-hybridized carbons (Fsp3) is 0.154. The molecule has 0 amide bonds. The molecule has 1 aromatic heterocycles. The van der Waals surface area contributed by atoms with Gasteiger partial charge in [0, 0.05) is 17.3 Å². The zero-order valence-electron chi connectivity index (χ0n) is 10.0. The van der Waals surface area contributed by atoms with Crippen molar-refractivity contribution in [3.05, 3.63) is 42.0 Å². The van der Waals surface area contributed by atoms with E-state index in [1.165, 1.54) is 13.2 Å². The van der Waals surface area contributed by atoms with Gasteiger partial charge in [0.15, 0.2) is 0 Å². The van der Waals surface area contributed by atoms with Crippen LogP contribution in [0.25, 0.3) is 11.3 Å². The predicted octanol–water partition coefficient (Wildman–Crippen LogP) is 3.36. The second-order valence-electron chi connectivity index (χ2n) is 3.86. The number of ether oxygens (including phenoxy) is 1. The molecule has 0 unspecified atom stereocenters. The van der Waals surface area contributed by atoms with Gasteiger partial charge in [0.1, 0.15) is 0 Å². The molecule has 3 nitrogen and oxygen atoms in total. The molecule has 0 aliphatic rings. The van der Waals surface area contributed by atoms with Crippen molar-refractivity contribution in [3.63, 3.8) is 0 Å². The normalized spacial score (nSPS) is 11.4. The average Bonchev–Trinajstić information content (AvgIpc) is 2.38. The van der Waals surface area contributed by atoms with Crippen molar-refractivity contribution in [2.75, 3.05) is 12.8 Å². The zero-order valence-corrected chi connectivity index (χ0v) is 10.0. The van der Waals surface area contributed by atoms with E-state index in [1.807, 2.05) is 0 Å². The minimum Gasteiger partial charge on any atom is -0.481 e. The van der Waals surface area contributed by atoms with Gasteiger partial charge >= 0.3 is 6.18 Å². The number of nitrogens with two attached hydrogens (primary N) is 1. The fourth-order valence-corrected chi connectivity index (χ4v) is 1.63. The van der Waals surface area contributed by atoms with E-state index >= 15 is 0 Å². The van der Waals surface area contributed by atoms with E-state index in [0.717, 1.165) is 12.1 Å². The van der Waals surface area contributed by atoms with Crippen LogP contribution in [0.2, 0.25) is 0 Å². The first-order valence-electron chi connectivity index (χ1n) is 5.40. The summed E-state index contributed by atoms with van der Waals surface area (Å²) in [5, 5.41) is 0. The SMILES string of the molecule is COc1cccc(-c2cc(C(F)(F)F)ccc2N)n1. The number of nitrogen functional groups attached to an aromatic ring is 1. The van der Waals surface area contributed by atoms with E-state index in [9.17, 15) is 13.2 Å². The monoisotopic (exact) mass is 268 g/mol. The molecule has 0 radical (unpaired) electrons. The third-order valence-electron chi connectivity index (χ3n) is 2.59. The molecule has 1 aromatic carbocycles. The van der Waals surface area contributed by atoms with Crippen molar-refractivity contribution < 1.29 is 17.9 Å². The Morgan fingerprint density at radius 1 is 1.16 bits per heavy atom. The maximum atomic E-state index is 12.7. The molecule has 2 N–H and O–H groups in total. The minimum atomic E-state index is -4.42. The molecule has 2 rings (SSSR count). The number of rotatable bonds is 2. The summed E-state index contributed by atoms with van der Waals surface area (Å²) in [5.74, 6) is 0.314. The molecule has 0 spiro atoms. The molecule has 6 heteroatoms. The highest BCUT2D eigenvalue weighted by atomic mass is 19.4. The van der Waals surface area contributed by atoms with Crippen LogP contribution in [0.1, 0.15) is 5.56 Å². The number of methoxy groups -OCH3 is 1. The summed E-state index contributed by atoms with van der Waals surface area (Å²) in [7, 11) is 1.43. The Hall–Kier alpha value is -2.24. The van der Waals surface area contributed by atoms with Gasteiger partial charge in [0.05, 0.1) is 18.4 Å². The lowest BCUT2D eigenvalue weighted by Gasteiger charge is -2.11. The number of nitrogens with zero attached hydrogens (tertiary/aromatic N) is 1. The van der Waals surface area contributed by atoms with Gasteiger partial charge < -0.3 is 10.5 Å². The summed E-state index contributed by atoms with van der Waals surface area (Å²) in [5.41, 5.74) is 5.74. The molecule has 0 saturated carbocycles. The van der Waals surface area contributed by atoms with Crippen LogP contribution in [-0.2, 0) is 6.18 Å². The van der Waals surface area contributed by atoms with E-state index in [0.29, 0.717) is 11.6 Å². The Morgan fingerprint density at radius 3 is 2.53 bits per heavy atom. The van der Waals surface area contributed by atoms with Crippen molar-refractivity contribution >= 4 is 5.69 Å². The van der Waals surface area contributed by atoms with Gasteiger partial charge in [-0.1, -0.05) is 6.07 Å². The van der Waals surface area contributed by atoms with Crippen LogP contribution in [0, 0.1) is 0 Å². The van der Waals surface area contributed by atoms with Gasteiger partial charge in [-0.05, 0) is 24.3 Å². The van der Waals surface area contributed by atoms with Crippen LogP contribution in [0.15, 0.2) is 36.4 Å². The molecule has 0 fully saturated rings. The van der Waals surface area contributed by atoms with Crippen LogP contribution >= 0.6 is 0 Å². The highest BCUT2D eigenvalue weighted by Crippen LogP contribution is 2.34. The van der Waals surface area contributed by atoms with Gasteiger partial charge in [-0.2, -0.15) is 13.2 Å². The Kier molecular flexibility index (Phi) is 3.33. The van der Waals surface area contributed by atoms with E-state index in [-0.39, 0.29) is 11.3 Å². The Balaban J connectivity index is 2.54. The number of benzene rings is 1. The fourth-order valence-electron chi connectivity index (χ4n) is 1.63. The van der Waals surface area contributed by atoms with Crippen LogP contribution in [0.4, 0.5) is 18.9 Å². The molecule has 0 aliphatic heterocycles. The Morgan fingerprint density at radius 2 is 1.89 bits per heavy atom. The number of aromatic nitrogens is 1. The largest absolute Gasteiger partial charge is 0.481 e.